The maximum Gasteiger partial charge on any atom is 0.410 e. The number of rotatable bonds is 3. The number of hydrogen-bond acceptors (Lipinski definition) is 4. The van der Waals surface area contributed by atoms with Gasteiger partial charge in [0.05, 0.1) is 30.4 Å². The van der Waals surface area contributed by atoms with E-state index < -0.39 is 11.7 Å². The number of aliphatic hydroxyl groups is 1. The largest absolute Gasteiger partial charge is 0.444 e. The molecule has 0 radical (unpaired) electrons. The summed E-state index contributed by atoms with van der Waals surface area (Å²) in [6, 6.07) is 8.37. The molecule has 26 heavy (non-hydrogen) atoms. The van der Waals surface area contributed by atoms with Crippen LogP contribution in [0.4, 0.5) is 4.79 Å². The summed E-state index contributed by atoms with van der Waals surface area (Å²) < 4.78 is 7.52. The van der Waals surface area contributed by atoms with Crippen molar-refractivity contribution in [3.05, 3.63) is 42.4 Å². The molecule has 0 aliphatic carbocycles. The lowest BCUT2D eigenvalue weighted by Gasteiger charge is -2.42. The molecule has 0 spiro atoms. The number of aromatic nitrogens is 2. The van der Waals surface area contributed by atoms with E-state index in [2.05, 4.69) is 21.7 Å². The van der Waals surface area contributed by atoms with Crippen LogP contribution in [-0.4, -0.2) is 50.4 Å². The van der Waals surface area contributed by atoms with Crippen LogP contribution >= 0.6 is 0 Å². The van der Waals surface area contributed by atoms with Crippen LogP contribution in [0.2, 0.25) is 0 Å². The molecule has 2 aromatic rings. The number of ether oxygens (including phenoxy) is 1. The molecule has 138 valence electrons. The van der Waals surface area contributed by atoms with Gasteiger partial charge in [-0.3, -0.25) is 0 Å². The molecule has 6 nitrogen and oxygen atoms in total. The Hall–Kier alpha value is -2.34. The fraction of sp³-hybridized carbons (Fsp3) is 0.500. The van der Waals surface area contributed by atoms with Gasteiger partial charge in [-0.1, -0.05) is 24.3 Å². The Kier molecular flexibility index (Phi) is 4.03. The third kappa shape index (κ3) is 2.98. The van der Waals surface area contributed by atoms with Crippen molar-refractivity contribution in [1.29, 1.82) is 0 Å². The zero-order valence-electron chi connectivity index (χ0n) is 15.4. The molecule has 4 rings (SSSR count). The maximum atomic E-state index is 12.1. The van der Waals surface area contributed by atoms with Crippen LogP contribution < -0.4 is 0 Å². The Balaban J connectivity index is 1.40. The third-order valence-corrected chi connectivity index (χ3v) is 5.17. The first kappa shape index (κ1) is 17.1. The van der Waals surface area contributed by atoms with Gasteiger partial charge in [0.25, 0.3) is 0 Å². The summed E-state index contributed by atoms with van der Waals surface area (Å²) in [5.74, 6) is 0.0854. The SMILES string of the molecule is CC(C)(C)OC(=O)N1CC(C(O)CC2c3ccccc3-c3cncn32)C1. The molecule has 1 fully saturated rings. The number of carbonyl (C=O) groups excluding carboxylic acids is 1. The molecule has 0 bridgehead atoms. The highest BCUT2D eigenvalue weighted by Gasteiger charge is 2.40. The van der Waals surface area contributed by atoms with Gasteiger partial charge in [-0.05, 0) is 32.8 Å². The standard InChI is InChI=1S/C20H25N3O3/c1-20(2,3)26-19(25)22-10-13(11-22)18(24)8-16-14-6-4-5-7-15(14)17-9-21-12-23(16)17/h4-7,9,12-13,16,18,24H,8,10-11H2,1-3H3. The van der Waals surface area contributed by atoms with E-state index in [1.807, 2.05) is 45.4 Å². The number of benzene rings is 1. The van der Waals surface area contributed by atoms with Crippen LogP contribution in [0.25, 0.3) is 11.3 Å². The van der Waals surface area contributed by atoms with Crippen LogP contribution in [0, 0.1) is 5.92 Å². The molecule has 6 heteroatoms. The summed E-state index contributed by atoms with van der Waals surface area (Å²) in [5.41, 5.74) is 3.02. The highest BCUT2D eigenvalue weighted by Crippen LogP contribution is 2.42. The van der Waals surface area contributed by atoms with E-state index in [4.69, 9.17) is 4.74 Å². The zero-order chi connectivity index (χ0) is 18.5. The first-order valence-electron chi connectivity index (χ1n) is 9.10. The number of amides is 1. The highest BCUT2D eigenvalue weighted by atomic mass is 16.6. The number of hydrogen-bond donors (Lipinski definition) is 1. The Morgan fingerprint density at radius 1 is 1.35 bits per heavy atom. The Labute approximate surface area is 153 Å². The van der Waals surface area contributed by atoms with Gasteiger partial charge in [-0.2, -0.15) is 0 Å². The summed E-state index contributed by atoms with van der Waals surface area (Å²) in [6.07, 6.45) is 3.55. The summed E-state index contributed by atoms with van der Waals surface area (Å²) in [4.78, 5) is 18.0. The van der Waals surface area contributed by atoms with Crippen molar-refractivity contribution in [2.75, 3.05) is 13.1 Å². The second-order valence-electron chi connectivity index (χ2n) is 8.24. The fourth-order valence-electron chi connectivity index (χ4n) is 3.83. The van der Waals surface area contributed by atoms with Gasteiger partial charge in [0.1, 0.15) is 5.60 Å². The van der Waals surface area contributed by atoms with Crippen molar-refractivity contribution in [1.82, 2.24) is 14.5 Å². The molecule has 3 heterocycles. The molecule has 1 saturated heterocycles. The number of likely N-dealkylation sites (tertiary alicyclic amines) is 1. The van der Waals surface area contributed by atoms with E-state index in [-0.39, 0.29) is 18.1 Å². The van der Waals surface area contributed by atoms with E-state index in [1.165, 1.54) is 11.1 Å². The van der Waals surface area contributed by atoms with Crippen molar-refractivity contribution < 1.29 is 14.6 Å². The van der Waals surface area contributed by atoms with Crippen LogP contribution in [0.15, 0.2) is 36.8 Å². The second-order valence-corrected chi connectivity index (χ2v) is 8.24. The molecule has 1 aromatic heterocycles. The zero-order valence-corrected chi connectivity index (χ0v) is 15.4. The van der Waals surface area contributed by atoms with Gasteiger partial charge in [0, 0.05) is 24.6 Å². The van der Waals surface area contributed by atoms with Crippen LogP contribution in [0.3, 0.4) is 0 Å². The van der Waals surface area contributed by atoms with Gasteiger partial charge in [-0.15, -0.1) is 0 Å². The smallest absolute Gasteiger partial charge is 0.410 e. The average Bonchev–Trinajstić information content (AvgIpc) is 3.07. The van der Waals surface area contributed by atoms with Gasteiger partial charge in [0.15, 0.2) is 0 Å². The van der Waals surface area contributed by atoms with E-state index in [1.54, 1.807) is 4.90 Å². The Morgan fingerprint density at radius 2 is 2.08 bits per heavy atom. The van der Waals surface area contributed by atoms with E-state index in [0.29, 0.717) is 19.5 Å². The van der Waals surface area contributed by atoms with Crippen molar-refractivity contribution in [3.63, 3.8) is 0 Å². The lowest BCUT2D eigenvalue weighted by Crippen LogP contribution is -2.55. The van der Waals surface area contributed by atoms with Crippen LogP contribution in [-0.2, 0) is 4.74 Å². The predicted molar refractivity (Wildman–Crippen MR) is 97.7 cm³/mol. The molecule has 1 amide bonds. The van der Waals surface area contributed by atoms with Gasteiger partial charge in [0.2, 0.25) is 0 Å². The quantitative estimate of drug-likeness (QED) is 0.919. The van der Waals surface area contributed by atoms with Crippen molar-refractivity contribution in [3.8, 4) is 11.3 Å². The molecule has 2 aliphatic rings. The minimum Gasteiger partial charge on any atom is -0.444 e. The number of imidazole rings is 1. The van der Waals surface area contributed by atoms with E-state index in [0.717, 1.165) is 5.69 Å². The number of nitrogens with zero attached hydrogens (tertiary/aromatic N) is 3. The molecule has 2 atom stereocenters. The summed E-state index contributed by atoms with van der Waals surface area (Å²) in [5, 5.41) is 10.7. The molecular weight excluding hydrogens is 330 g/mol. The van der Waals surface area contributed by atoms with Gasteiger partial charge >= 0.3 is 6.09 Å². The summed E-state index contributed by atoms with van der Waals surface area (Å²) in [6.45, 7) is 6.66. The molecule has 2 aliphatic heterocycles. The topological polar surface area (TPSA) is 67.6 Å². The first-order chi connectivity index (χ1) is 12.3. The summed E-state index contributed by atoms with van der Waals surface area (Å²) >= 11 is 0. The Morgan fingerprint density at radius 3 is 2.81 bits per heavy atom. The lowest BCUT2D eigenvalue weighted by molar-refractivity contribution is -0.0343. The molecule has 2 unspecified atom stereocenters. The van der Waals surface area contributed by atoms with Gasteiger partial charge < -0.3 is 19.3 Å². The Bertz CT molecular complexity index is 818. The van der Waals surface area contributed by atoms with Crippen molar-refractivity contribution in [2.45, 2.75) is 44.9 Å². The van der Waals surface area contributed by atoms with Crippen LogP contribution in [0.5, 0.6) is 0 Å². The number of aliphatic hydroxyl groups excluding tert-OH is 1. The normalized spacial score (nSPS) is 20.3. The monoisotopic (exact) mass is 355 g/mol. The molecule has 1 aromatic carbocycles. The highest BCUT2D eigenvalue weighted by molar-refractivity contribution is 5.69. The number of carbonyl (C=O) groups is 1. The number of fused-ring (bicyclic) bond motifs is 3. The third-order valence-electron chi connectivity index (χ3n) is 5.17. The molecule has 1 N–H and O–H groups in total. The molecule has 0 saturated carbocycles. The predicted octanol–water partition coefficient (Wildman–Crippen LogP) is 3.07. The van der Waals surface area contributed by atoms with Crippen LogP contribution in [0.1, 0.15) is 38.8 Å². The van der Waals surface area contributed by atoms with Crippen molar-refractivity contribution >= 4 is 6.09 Å². The minimum atomic E-state index is -0.494. The first-order valence-corrected chi connectivity index (χ1v) is 9.10. The van der Waals surface area contributed by atoms with Crippen molar-refractivity contribution in [2.24, 2.45) is 5.92 Å². The minimum absolute atomic E-state index is 0.0854. The fourth-order valence-corrected chi connectivity index (χ4v) is 3.83. The summed E-state index contributed by atoms with van der Waals surface area (Å²) in [7, 11) is 0. The van der Waals surface area contributed by atoms with E-state index >= 15 is 0 Å². The van der Waals surface area contributed by atoms with Gasteiger partial charge in [-0.25, -0.2) is 9.78 Å². The van der Waals surface area contributed by atoms with E-state index in [9.17, 15) is 9.90 Å². The maximum absolute atomic E-state index is 12.1. The lowest BCUT2D eigenvalue weighted by atomic mass is 9.88. The second kappa shape index (κ2) is 6.13. The molecular formula is C20H25N3O3. The average molecular weight is 355 g/mol.